The maximum Gasteiger partial charge on any atom is 0.0790 e. The molecule has 2 saturated carbocycles. The van der Waals surface area contributed by atoms with Gasteiger partial charge in [-0.05, 0) is 31.1 Å². The molecule has 0 heterocycles. The van der Waals surface area contributed by atoms with Gasteiger partial charge in [0, 0.05) is 0 Å². The molecule has 0 amide bonds. The molecule has 0 spiro atoms. The van der Waals surface area contributed by atoms with Crippen LogP contribution in [0.1, 0.15) is 77.0 Å². The van der Waals surface area contributed by atoms with Crippen molar-refractivity contribution in [3.8, 4) is 0 Å². The van der Waals surface area contributed by atoms with Crippen LogP contribution in [0.2, 0.25) is 0 Å². The Labute approximate surface area is 106 Å². The van der Waals surface area contributed by atoms with E-state index in [0.717, 1.165) is 11.8 Å². The van der Waals surface area contributed by atoms with Crippen molar-refractivity contribution in [2.45, 2.75) is 83.2 Å². The molecule has 0 aliphatic heterocycles. The van der Waals surface area contributed by atoms with Crippen molar-refractivity contribution in [2.24, 2.45) is 17.7 Å². The van der Waals surface area contributed by atoms with Crippen LogP contribution in [0.5, 0.6) is 0 Å². The van der Waals surface area contributed by atoms with Crippen LogP contribution in [0.3, 0.4) is 0 Å². The van der Waals surface area contributed by atoms with Gasteiger partial charge in [0.1, 0.15) is 0 Å². The molecule has 0 bridgehead atoms. The third-order valence-electron chi connectivity index (χ3n) is 4.93. The van der Waals surface area contributed by atoms with Crippen LogP contribution in [0, 0.1) is 11.8 Å². The molecule has 0 saturated heterocycles. The second-order valence-electron chi connectivity index (χ2n) is 6.14. The minimum absolute atomic E-state index is 0.357. The first-order chi connectivity index (χ1) is 8.40. The highest BCUT2D eigenvalue weighted by Gasteiger charge is 2.30. The van der Waals surface area contributed by atoms with Crippen molar-refractivity contribution < 1.29 is 4.84 Å². The number of nitrogens with two attached hydrogens (primary N) is 1. The fourth-order valence-corrected chi connectivity index (χ4v) is 3.84. The first-order valence-corrected chi connectivity index (χ1v) is 7.75. The Balaban J connectivity index is 1.79. The second kappa shape index (κ2) is 7.38. The predicted octanol–water partition coefficient (Wildman–Crippen LogP) is 4.19. The van der Waals surface area contributed by atoms with Crippen molar-refractivity contribution >= 4 is 0 Å². The van der Waals surface area contributed by atoms with Crippen molar-refractivity contribution in [1.29, 1.82) is 0 Å². The van der Waals surface area contributed by atoms with Gasteiger partial charge < -0.3 is 4.84 Å². The molecule has 0 aromatic rings. The molecule has 2 nitrogen and oxygen atoms in total. The van der Waals surface area contributed by atoms with Crippen LogP contribution in [0.25, 0.3) is 0 Å². The lowest BCUT2D eigenvalue weighted by atomic mass is 9.82. The van der Waals surface area contributed by atoms with Crippen molar-refractivity contribution in [1.82, 2.24) is 0 Å². The summed E-state index contributed by atoms with van der Waals surface area (Å²) in [6.07, 6.45) is 17.3. The van der Waals surface area contributed by atoms with Crippen LogP contribution in [0.4, 0.5) is 0 Å². The molecule has 0 radical (unpaired) electrons. The van der Waals surface area contributed by atoms with Gasteiger partial charge in [-0.3, -0.25) is 0 Å². The summed E-state index contributed by atoms with van der Waals surface area (Å²) in [5.41, 5.74) is 0. The average molecular weight is 239 g/mol. The smallest absolute Gasteiger partial charge is 0.0790 e. The van der Waals surface area contributed by atoms with Crippen molar-refractivity contribution in [2.75, 3.05) is 0 Å². The van der Waals surface area contributed by atoms with E-state index in [1.807, 2.05) is 0 Å². The highest BCUT2D eigenvalue weighted by Crippen LogP contribution is 2.38. The molecule has 2 N–H and O–H groups in total. The van der Waals surface area contributed by atoms with Crippen LogP contribution < -0.4 is 5.90 Å². The van der Waals surface area contributed by atoms with Crippen LogP contribution in [0.15, 0.2) is 0 Å². The zero-order valence-corrected chi connectivity index (χ0v) is 11.2. The Bertz CT molecular complexity index is 197. The van der Waals surface area contributed by atoms with E-state index in [1.54, 1.807) is 0 Å². The maximum atomic E-state index is 5.33. The largest absolute Gasteiger partial charge is 0.301 e. The molecule has 2 aliphatic carbocycles. The molecule has 2 rings (SSSR count). The molecule has 0 aromatic heterocycles. The van der Waals surface area contributed by atoms with Crippen LogP contribution in [-0.4, -0.2) is 6.10 Å². The van der Waals surface area contributed by atoms with Gasteiger partial charge in [0.15, 0.2) is 0 Å². The number of hydrogen-bond acceptors (Lipinski definition) is 2. The SMILES string of the molecule is NO[C@@H]1CC[C@H](C2CCCCCCCCC2)C1. The van der Waals surface area contributed by atoms with E-state index < -0.39 is 0 Å². The molecule has 2 fully saturated rings. The van der Waals surface area contributed by atoms with Gasteiger partial charge in [0.25, 0.3) is 0 Å². The molecule has 0 aromatic carbocycles. The van der Waals surface area contributed by atoms with Crippen molar-refractivity contribution in [3.63, 3.8) is 0 Å². The second-order valence-corrected chi connectivity index (χ2v) is 6.14. The summed E-state index contributed by atoms with van der Waals surface area (Å²) in [5.74, 6) is 7.20. The number of hydrogen-bond donors (Lipinski definition) is 1. The Hall–Kier alpha value is -0.0800. The van der Waals surface area contributed by atoms with Gasteiger partial charge in [0.05, 0.1) is 6.10 Å². The molecule has 2 aliphatic rings. The standard InChI is InChI=1S/C15H29NO/c16-17-15-11-10-14(12-15)13-8-6-4-2-1-3-5-7-9-13/h13-15H,1-12,16H2/t14-,15+/m0/s1. The Morgan fingerprint density at radius 1 is 0.647 bits per heavy atom. The van der Waals surface area contributed by atoms with Gasteiger partial charge >= 0.3 is 0 Å². The lowest BCUT2D eigenvalue weighted by Crippen LogP contribution is -2.17. The number of rotatable bonds is 2. The Kier molecular flexibility index (Phi) is 5.79. The van der Waals surface area contributed by atoms with Crippen LogP contribution in [-0.2, 0) is 4.84 Å². The van der Waals surface area contributed by atoms with Crippen LogP contribution >= 0.6 is 0 Å². The fraction of sp³-hybridized carbons (Fsp3) is 1.00. The van der Waals surface area contributed by atoms with E-state index in [-0.39, 0.29) is 0 Å². The Morgan fingerprint density at radius 2 is 1.24 bits per heavy atom. The Morgan fingerprint density at radius 3 is 1.76 bits per heavy atom. The lowest BCUT2D eigenvalue weighted by molar-refractivity contribution is 0.0528. The van der Waals surface area contributed by atoms with E-state index in [0.29, 0.717) is 6.10 Å². The summed E-state index contributed by atoms with van der Waals surface area (Å²) >= 11 is 0. The van der Waals surface area contributed by atoms with E-state index in [4.69, 9.17) is 10.7 Å². The minimum atomic E-state index is 0.357. The first-order valence-electron chi connectivity index (χ1n) is 7.75. The van der Waals surface area contributed by atoms with Gasteiger partial charge in [0.2, 0.25) is 0 Å². The summed E-state index contributed by atoms with van der Waals surface area (Å²) in [6, 6.07) is 0. The summed E-state index contributed by atoms with van der Waals surface area (Å²) in [5, 5.41) is 0. The summed E-state index contributed by atoms with van der Waals surface area (Å²) in [7, 11) is 0. The van der Waals surface area contributed by atoms with Gasteiger partial charge in [-0.1, -0.05) is 57.8 Å². The molecule has 100 valence electrons. The average Bonchev–Trinajstić information content (AvgIpc) is 2.84. The third-order valence-corrected chi connectivity index (χ3v) is 4.93. The van der Waals surface area contributed by atoms with Crippen molar-refractivity contribution in [3.05, 3.63) is 0 Å². The quantitative estimate of drug-likeness (QED) is 0.733. The van der Waals surface area contributed by atoms with E-state index in [2.05, 4.69) is 0 Å². The molecule has 2 atom stereocenters. The highest BCUT2D eigenvalue weighted by molar-refractivity contribution is 4.81. The first kappa shape index (κ1) is 13.4. The molecular formula is C15H29NO. The minimum Gasteiger partial charge on any atom is -0.301 e. The zero-order chi connectivity index (χ0) is 11.9. The molecule has 2 heteroatoms. The van der Waals surface area contributed by atoms with Gasteiger partial charge in [-0.25, -0.2) is 5.90 Å². The third kappa shape index (κ3) is 4.26. The summed E-state index contributed by atoms with van der Waals surface area (Å²) < 4.78 is 0. The normalized spacial score (nSPS) is 33.7. The highest BCUT2D eigenvalue weighted by atomic mass is 16.6. The summed E-state index contributed by atoms with van der Waals surface area (Å²) in [6.45, 7) is 0. The lowest BCUT2D eigenvalue weighted by Gasteiger charge is -2.24. The topological polar surface area (TPSA) is 35.2 Å². The predicted molar refractivity (Wildman–Crippen MR) is 71.4 cm³/mol. The van der Waals surface area contributed by atoms with E-state index in [9.17, 15) is 0 Å². The van der Waals surface area contributed by atoms with E-state index >= 15 is 0 Å². The molecule has 0 unspecified atom stereocenters. The summed E-state index contributed by atoms with van der Waals surface area (Å²) in [4.78, 5) is 5.03. The monoisotopic (exact) mass is 239 g/mol. The maximum absolute atomic E-state index is 5.33. The van der Waals surface area contributed by atoms with E-state index in [1.165, 1.54) is 77.0 Å². The molecule has 17 heavy (non-hydrogen) atoms. The molecular weight excluding hydrogens is 210 g/mol. The zero-order valence-electron chi connectivity index (χ0n) is 11.2. The van der Waals surface area contributed by atoms with Gasteiger partial charge in [-0.15, -0.1) is 0 Å². The fourth-order valence-electron chi connectivity index (χ4n) is 3.84. The van der Waals surface area contributed by atoms with Gasteiger partial charge in [-0.2, -0.15) is 0 Å².